The van der Waals surface area contributed by atoms with Gasteiger partial charge in [-0.2, -0.15) is 0 Å². The molecule has 2 nitrogen and oxygen atoms in total. The lowest BCUT2D eigenvalue weighted by Crippen LogP contribution is -1.99. The van der Waals surface area contributed by atoms with E-state index in [0.29, 0.717) is 0 Å². The van der Waals surface area contributed by atoms with E-state index in [1.54, 1.807) is 0 Å². The van der Waals surface area contributed by atoms with Crippen molar-refractivity contribution in [3.63, 3.8) is 0 Å². The summed E-state index contributed by atoms with van der Waals surface area (Å²) >= 11 is 1.82. The number of hydrogen-bond acceptors (Lipinski definition) is 2. The maximum atomic E-state index is 5.73. The van der Waals surface area contributed by atoms with E-state index in [-0.39, 0.29) is 0 Å². The molecular formula is C22H24N2S. The Balaban J connectivity index is 1.95. The molecule has 25 heavy (non-hydrogen) atoms. The van der Waals surface area contributed by atoms with E-state index in [9.17, 15) is 0 Å². The van der Waals surface area contributed by atoms with Gasteiger partial charge in [0, 0.05) is 31.9 Å². The van der Waals surface area contributed by atoms with Crippen LogP contribution in [-0.2, 0) is 6.42 Å². The van der Waals surface area contributed by atoms with E-state index in [2.05, 4.69) is 60.6 Å². The summed E-state index contributed by atoms with van der Waals surface area (Å²) in [6.45, 7) is 5.14. The minimum Gasteiger partial charge on any atom is -0.354 e. The number of aryl methyl sites for hydroxylation is 3. The molecule has 0 spiro atoms. The monoisotopic (exact) mass is 348 g/mol. The molecule has 0 radical (unpaired) electrons. The van der Waals surface area contributed by atoms with Crippen LogP contribution in [0, 0.1) is 13.8 Å². The van der Waals surface area contributed by atoms with Crippen molar-refractivity contribution in [2.75, 3.05) is 6.54 Å². The summed E-state index contributed by atoms with van der Waals surface area (Å²) < 4.78 is 1.34. The normalized spacial score (nSPS) is 11.6. The molecular weight excluding hydrogens is 324 g/mol. The number of unbranched alkanes of at least 4 members (excludes halogenated alkanes) is 1. The number of H-pyrrole nitrogens is 1. The van der Waals surface area contributed by atoms with Crippen molar-refractivity contribution in [2.24, 2.45) is 5.73 Å². The quantitative estimate of drug-likeness (QED) is 0.430. The number of aromatic amines is 1. The van der Waals surface area contributed by atoms with E-state index >= 15 is 0 Å². The lowest BCUT2D eigenvalue weighted by atomic mass is 9.98. The van der Waals surface area contributed by atoms with E-state index < -0.39 is 0 Å². The Morgan fingerprint density at radius 2 is 1.88 bits per heavy atom. The summed E-state index contributed by atoms with van der Waals surface area (Å²) in [7, 11) is 0. The fourth-order valence-corrected chi connectivity index (χ4v) is 4.77. The first kappa shape index (κ1) is 16.4. The fourth-order valence-electron chi connectivity index (χ4n) is 3.81. The van der Waals surface area contributed by atoms with Gasteiger partial charge in [0.15, 0.2) is 0 Å². The van der Waals surface area contributed by atoms with Crippen molar-refractivity contribution < 1.29 is 0 Å². The van der Waals surface area contributed by atoms with E-state index in [0.717, 1.165) is 25.8 Å². The standard InChI is InChI=1S/C22H24N2S/c1-14-11-15(2)21-18(12-14)17(8-5-6-10-23)22(24-21)19-13-25-20-9-4-3-7-16(19)20/h3-4,7,9,11-13,24H,5-6,8,10,23H2,1-2H3. The summed E-state index contributed by atoms with van der Waals surface area (Å²) in [5, 5.41) is 5.01. The van der Waals surface area contributed by atoms with Gasteiger partial charge in [0.05, 0.1) is 5.69 Å². The third-order valence-corrected chi connectivity index (χ3v) is 5.95. The first-order chi connectivity index (χ1) is 12.2. The van der Waals surface area contributed by atoms with Gasteiger partial charge in [-0.3, -0.25) is 0 Å². The Kier molecular flexibility index (Phi) is 4.36. The highest BCUT2D eigenvalue weighted by Gasteiger charge is 2.17. The maximum Gasteiger partial charge on any atom is 0.0512 e. The lowest BCUT2D eigenvalue weighted by Gasteiger charge is -2.05. The van der Waals surface area contributed by atoms with Crippen LogP contribution in [0.1, 0.15) is 29.5 Å². The SMILES string of the molecule is Cc1cc(C)c2[nH]c(-c3csc4ccccc34)c(CCCCN)c2c1. The molecule has 0 aliphatic heterocycles. The maximum absolute atomic E-state index is 5.73. The number of hydrogen-bond donors (Lipinski definition) is 2. The molecule has 0 aliphatic carbocycles. The van der Waals surface area contributed by atoms with Crippen molar-refractivity contribution >= 4 is 32.3 Å². The van der Waals surface area contributed by atoms with Crippen molar-refractivity contribution in [1.29, 1.82) is 0 Å². The van der Waals surface area contributed by atoms with Crippen LogP contribution in [0.5, 0.6) is 0 Å². The van der Waals surface area contributed by atoms with Gasteiger partial charge in [-0.15, -0.1) is 11.3 Å². The average Bonchev–Trinajstić information content (AvgIpc) is 3.17. The van der Waals surface area contributed by atoms with Crippen LogP contribution in [0.15, 0.2) is 41.8 Å². The van der Waals surface area contributed by atoms with Crippen LogP contribution in [0.4, 0.5) is 0 Å². The number of benzene rings is 2. The average molecular weight is 349 g/mol. The molecule has 0 aliphatic rings. The van der Waals surface area contributed by atoms with E-state index in [1.165, 1.54) is 48.9 Å². The molecule has 0 fully saturated rings. The molecule has 2 aromatic carbocycles. The third kappa shape index (κ3) is 2.88. The number of rotatable bonds is 5. The number of aromatic nitrogens is 1. The van der Waals surface area contributed by atoms with Gasteiger partial charge < -0.3 is 10.7 Å². The molecule has 4 rings (SSSR count). The number of nitrogens with two attached hydrogens (primary N) is 1. The zero-order valence-corrected chi connectivity index (χ0v) is 15.7. The molecule has 4 aromatic rings. The minimum atomic E-state index is 0.761. The third-order valence-electron chi connectivity index (χ3n) is 4.99. The predicted octanol–water partition coefficient (Wildman–Crippen LogP) is 5.95. The van der Waals surface area contributed by atoms with Crippen LogP contribution in [0.2, 0.25) is 0 Å². The van der Waals surface area contributed by atoms with Gasteiger partial charge in [0.1, 0.15) is 0 Å². The second-order valence-electron chi connectivity index (χ2n) is 6.87. The fraction of sp³-hybridized carbons (Fsp3) is 0.273. The zero-order valence-electron chi connectivity index (χ0n) is 14.9. The Morgan fingerprint density at radius 1 is 1.04 bits per heavy atom. The molecule has 0 amide bonds. The van der Waals surface area contributed by atoms with Gasteiger partial charge >= 0.3 is 0 Å². The first-order valence-corrected chi connectivity index (χ1v) is 9.85. The zero-order chi connectivity index (χ0) is 17.4. The molecule has 2 heterocycles. The lowest BCUT2D eigenvalue weighted by molar-refractivity contribution is 0.748. The predicted molar refractivity (Wildman–Crippen MR) is 111 cm³/mol. The number of nitrogens with one attached hydrogen (secondary N) is 1. The summed E-state index contributed by atoms with van der Waals surface area (Å²) in [4.78, 5) is 3.76. The van der Waals surface area contributed by atoms with Gasteiger partial charge in [0.2, 0.25) is 0 Å². The van der Waals surface area contributed by atoms with Crippen molar-refractivity contribution in [1.82, 2.24) is 4.98 Å². The summed E-state index contributed by atoms with van der Waals surface area (Å²) in [5.41, 5.74) is 13.7. The largest absolute Gasteiger partial charge is 0.354 e. The van der Waals surface area contributed by atoms with Crippen molar-refractivity contribution in [3.8, 4) is 11.3 Å². The van der Waals surface area contributed by atoms with E-state index in [1.807, 2.05) is 11.3 Å². The van der Waals surface area contributed by atoms with Crippen LogP contribution in [-0.4, -0.2) is 11.5 Å². The van der Waals surface area contributed by atoms with Gasteiger partial charge in [0.25, 0.3) is 0 Å². The van der Waals surface area contributed by atoms with Gasteiger partial charge in [-0.1, -0.05) is 29.8 Å². The van der Waals surface area contributed by atoms with Gasteiger partial charge in [-0.05, 0) is 62.9 Å². The molecule has 0 saturated carbocycles. The van der Waals surface area contributed by atoms with Crippen LogP contribution in [0.3, 0.4) is 0 Å². The molecule has 0 unspecified atom stereocenters. The molecule has 0 bridgehead atoms. The Morgan fingerprint density at radius 3 is 2.72 bits per heavy atom. The minimum absolute atomic E-state index is 0.761. The second kappa shape index (κ2) is 6.66. The highest BCUT2D eigenvalue weighted by molar-refractivity contribution is 7.17. The molecule has 128 valence electrons. The van der Waals surface area contributed by atoms with Crippen LogP contribution >= 0.6 is 11.3 Å². The summed E-state index contributed by atoms with van der Waals surface area (Å²) in [6, 6.07) is 13.3. The van der Waals surface area contributed by atoms with Crippen LogP contribution in [0.25, 0.3) is 32.2 Å². The summed E-state index contributed by atoms with van der Waals surface area (Å²) in [5.74, 6) is 0. The van der Waals surface area contributed by atoms with Crippen LogP contribution < -0.4 is 5.73 Å². The Labute approximate surface area is 152 Å². The topological polar surface area (TPSA) is 41.8 Å². The molecule has 0 saturated heterocycles. The van der Waals surface area contributed by atoms with Crippen molar-refractivity contribution in [3.05, 3.63) is 58.5 Å². The number of fused-ring (bicyclic) bond motifs is 2. The highest BCUT2D eigenvalue weighted by atomic mass is 32.1. The van der Waals surface area contributed by atoms with E-state index in [4.69, 9.17) is 5.73 Å². The molecule has 2 aromatic heterocycles. The second-order valence-corrected chi connectivity index (χ2v) is 7.79. The Bertz CT molecular complexity index is 1040. The Hall–Kier alpha value is -2.10. The smallest absolute Gasteiger partial charge is 0.0512 e. The van der Waals surface area contributed by atoms with Gasteiger partial charge in [-0.25, -0.2) is 0 Å². The van der Waals surface area contributed by atoms with Crippen molar-refractivity contribution in [2.45, 2.75) is 33.1 Å². The first-order valence-electron chi connectivity index (χ1n) is 8.97. The number of thiophene rings is 1. The molecule has 0 atom stereocenters. The summed E-state index contributed by atoms with van der Waals surface area (Å²) in [6.07, 6.45) is 3.27. The molecule has 3 N–H and O–H groups in total. The highest BCUT2D eigenvalue weighted by Crippen LogP contribution is 2.39. The molecule has 3 heteroatoms.